The summed E-state index contributed by atoms with van der Waals surface area (Å²) in [5, 5.41) is 0. The van der Waals surface area contributed by atoms with Gasteiger partial charge in [0.1, 0.15) is 0 Å². The van der Waals surface area contributed by atoms with Crippen LogP contribution in [0.5, 0.6) is 0 Å². The van der Waals surface area contributed by atoms with Crippen LogP contribution in [-0.4, -0.2) is 12.1 Å². The van der Waals surface area contributed by atoms with Crippen molar-refractivity contribution in [1.29, 1.82) is 0 Å². The van der Waals surface area contributed by atoms with Crippen molar-refractivity contribution in [2.24, 2.45) is 0 Å². The van der Waals surface area contributed by atoms with E-state index in [1.807, 2.05) is 6.92 Å². The van der Waals surface area contributed by atoms with Gasteiger partial charge in [0, 0.05) is 17.5 Å². The third-order valence-electron chi connectivity index (χ3n) is 1.65. The summed E-state index contributed by atoms with van der Waals surface area (Å²) in [6, 6.07) is 6.48. The fourth-order valence-electron chi connectivity index (χ4n) is 0.928. The second-order valence-electron chi connectivity index (χ2n) is 2.46. The highest BCUT2D eigenvalue weighted by Crippen LogP contribution is 2.04. The lowest BCUT2D eigenvalue weighted by Crippen LogP contribution is -1.95. The molecule has 12 heavy (non-hydrogen) atoms. The van der Waals surface area contributed by atoms with Gasteiger partial charge in [-0.15, -0.1) is 0 Å². The fourth-order valence-corrected chi connectivity index (χ4v) is 0.928. The Morgan fingerprint density at radius 3 is 2.33 bits per heavy atom. The number of Topliss-reactive ketones (excluding diaryl/α,β-unsaturated/α-hetero) is 1. The summed E-state index contributed by atoms with van der Waals surface area (Å²) in [5.41, 5.74) is 1.12. The van der Waals surface area contributed by atoms with E-state index in [1.54, 1.807) is 30.6 Å². The van der Waals surface area contributed by atoms with Gasteiger partial charge in [0.25, 0.3) is 0 Å². The summed E-state index contributed by atoms with van der Waals surface area (Å²) >= 11 is 0. The molecule has 0 aliphatic heterocycles. The molecular weight excluding hydrogens is 152 g/mol. The Morgan fingerprint density at radius 2 is 1.92 bits per heavy atom. The first-order valence-corrected chi connectivity index (χ1v) is 3.79. The zero-order chi connectivity index (χ0) is 8.97. The van der Waals surface area contributed by atoms with Crippen molar-refractivity contribution in [3.63, 3.8) is 0 Å². The minimum absolute atomic E-state index is 0.0902. The predicted octanol–water partition coefficient (Wildman–Crippen LogP) is 1.74. The SMILES string of the molecule is CCC(=O)c1ccc([C]=O)cc1. The largest absolute Gasteiger partial charge is 0.294 e. The Morgan fingerprint density at radius 1 is 1.33 bits per heavy atom. The van der Waals surface area contributed by atoms with Gasteiger partial charge in [-0.1, -0.05) is 31.2 Å². The Hall–Kier alpha value is -1.44. The first-order valence-electron chi connectivity index (χ1n) is 3.79. The zero-order valence-corrected chi connectivity index (χ0v) is 6.83. The molecule has 1 aromatic carbocycles. The van der Waals surface area contributed by atoms with E-state index in [9.17, 15) is 9.59 Å². The monoisotopic (exact) mass is 161 g/mol. The summed E-state index contributed by atoms with van der Waals surface area (Å²) in [6.45, 7) is 1.81. The molecule has 1 aromatic rings. The van der Waals surface area contributed by atoms with Gasteiger partial charge < -0.3 is 0 Å². The van der Waals surface area contributed by atoms with Crippen LogP contribution in [0.2, 0.25) is 0 Å². The molecule has 2 nitrogen and oxygen atoms in total. The molecule has 1 radical (unpaired) electrons. The molecule has 0 N–H and O–H groups in total. The van der Waals surface area contributed by atoms with Gasteiger partial charge in [0.05, 0.1) is 0 Å². The van der Waals surface area contributed by atoms with Gasteiger partial charge in [-0.05, 0) is 0 Å². The minimum atomic E-state index is 0.0902. The van der Waals surface area contributed by atoms with E-state index < -0.39 is 0 Å². The second kappa shape index (κ2) is 3.81. The molecule has 0 heterocycles. The fraction of sp³-hybridized carbons (Fsp3) is 0.200. The number of ketones is 1. The van der Waals surface area contributed by atoms with Gasteiger partial charge in [0.15, 0.2) is 5.78 Å². The van der Waals surface area contributed by atoms with Gasteiger partial charge in [-0.3, -0.25) is 9.59 Å². The first kappa shape index (κ1) is 8.65. The molecule has 0 atom stereocenters. The van der Waals surface area contributed by atoms with Crippen LogP contribution in [0.4, 0.5) is 0 Å². The summed E-state index contributed by atoms with van der Waals surface area (Å²) in [7, 11) is 0. The molecule has 0 aliphatic carbocycles. The van der Waals surface area contributed by atoms with Crippen molar-refractivity contribution in [2.75, 3.05) is 0 Å². The smallest absolute Gasteiger partial charge is 0.233 e. The normalized spacial score (nSPS) is 9.42. The molecule has 0 saturated heterocycles. The van der Waals surface area contributed by atoms with Crippen LogP contribution in [-0.2, 0) is 4.79 Å². The predicted molar refractivity (Wildman–Crippen MR) is 45.9 cm³/mol. The lowest BCUT2D eigenvalue weighted by molar-refractivity contribution is 0.0988. The standard InChI is InChI=1S/C10H9O2/c1-2-10(12)9-5-3-8(7-11)4-6-9/h3-6H,2H2,1H3. The van der Waals surface area contributed by atoms with Crippen LogP contribution in [0, 0.1) is 0 Å². The Labute approximate surface area is 71.2 Å². The molecule has 0 bridgehead atoms. The van der Waals surface area contributed by atoms with Crippen LogP contribution in [0.15, 0.2) is 24.3 Å². The summed E-state index contributed by atoms with van der Waals surface area (Å²) in [5.74, 6) is 0.0902. The van der Waals surface area contributed by atoms with E-state index in [2.05, 4.69) is 0 Å². The summed E-state index contributed by atoms with van der Waals surface area (Å²) in [4.78, 5) is 21.3. The maximum absolute atomic E-state index is 11.1. The van der Waals surface area contributed by atoms with Crippen molar-refractivity contribution in [3.8, 4) is 0 Å². The number of carbonyl (C=O) groups is 1. The van der Waals surface area contributed by atoms with Crippen molar-refractivity contribution >= 4 is 12.1 Å². The Bertz CT molecular complexity index is 285. The molecule has 0 saturated carbocycles. The summed E-state index contributed by atoms with van der Waals surface area (Å²) < 4.78 is 0. The van der Waals surface area contributed by atoms with Crippen LogP contribution < -0.4 is 0 Å². The van der Waals surface area contributed by atoms with Gasteiger partial charge in [0.2, 0.25) is 6.29 Å². The van der Waals surface area contributed by atoms with E-state index in [0.717, 1.165) is 0 Å². The quantitative estimate of drug-likeness (QED) is 0.633. The number of carbonyl (C=O) groups excluding carboxylic acids is 2. The van der Waals surface area contributed by atoms with Crippen molar-refractivity contribution in [3.05, 3.63) is 35.4 Å². The topological polar surface area (TPSA) is 34.1 Å². The third kappa shape index (κ3) is 1.78. The van der Waals surface area contributed by atoms with Crippen LogP contribution in [0.1, 0.15) is 29.3 Å². The minimum Gasteiger partial charge on any atom is -0.294 e. The average molecular weight is 161 g/mol. The molecule has 1 rings (SSSR count). The number of rotatable bonds is 3. The van der Waals surface area contributed by atoms with E-state index in [0.29, 0.717) is 17.5 Å². The van der Waals surface area contributed by atoms with E-state index in [4.69, 9.17) is 0 Å². The molecule has 2 heteroatoms. The highest BCUT2D eigenvalue weighted by molar-refractivity contribution is 5.96. The second-order valence-corrected chi connectivity index (χ2v) is 2.46. The Kier molecular flexibility index (Phi) is 2.75. The maximum atomic E-state index is 11.1. The molecule has 0 aliphatic rings. The molecule has 0 fully saturated rings. The maximum Gasteiger partial charge on any atom is 0.233 e. The van der Waals surface area contributed by atoms with Crippen molar-refractivity contribution < 1.29 is 9.59 Å². The molecule has 0 unspecified atom stereocenters. The first-order chi connectivity index (χ1) is 5.77. The molecule has 0 amide bonds. The van der Waals surface area contributed by atoms with Crippen molar-refractivity contribution in [1.82, 2.24) is 0 Å². The summed E-state index contributed by atoms with van der Waals surface area (Å²) in [6.07, 6.45) is 2.24. The van der Waals surface area contributed by atoms with Gasteiger partial charge in [-0.2, -0.15) is 0 Å². The van der Waals surface area contributed by atoms with Crippen LogP contribution in [0.25, 0.3) is 0 Å². The third-order valence-corrected chi connectivity index (χ3v) is 1.65. The number of benzene rings is 1. The molecule has 0 aromatic heterocycles. The average Bonchev–Trinajstić information content (AvgIpc) is 2.17. The Balaban J connectivity index is 2.91. The van der Waals surface area contributed by atoms with E-state index in [1.165, 1.54) is 0 Å². The van der Waals surface area contributed by atoms with Crippen LogP contribution in [0.3, 0.4) is 0 Å². The van der Waals surface area contributed by atoms with Gasteiger partial charge in [-0.25, -0.2) is 0 Å². The number of hydrogen-bond donors (Lipinski definition) is 0. The van der Waals surface area contributed by atoms with E-state index in [-0.39, 0.29) is 5.78 Å². The van der Waals surface area contributed by atoms with Gasteiger partial charge >= 0.3 is 0 Å². The van der Waals surface area contributed by atoms with Crippen LogP contribution >= 0.6 is 0 Å². The molecular formula is C10H9O2. The van der Waals surface area contributed by atoms with Crippen molar-refractivity contribution in [2.45, 2.75) is 13.3 Å². The molecule has 0 spiro atoms. The highest BCUT2D eigenvalue weighted by Gasteiger charge is 2.01. The van der Waals surface area contributed by atoms with E-state index >= 15 is 0 Å². The lowest BCUT2D eigenvalue weighted by atomic mass is 10.1. The zero-order valence-electron chi connectivity index (χ0n) is 6.83. The highest BCUT2D eigenvalue weighted by atomic mass is 16.1. The number of hydrogen-bond acceptors (Lipinski definition) is 2. The lowest BCUT2D eigenvalue weighted by Gasteiger charge is -1.96. The molecule has 61 valence electrons.